The number of methoxy groups -OCH3 is 2. The second-order valence-corrected chi connectivity index (χ2v) is 6.43. The molecule has 0 bridgehead atoms. The van der Waals surface area contributed by atoms with Crippen molar-refractivity contribution in [2.45, 2.75) is 25.2 Å². The Labute approximate surface area is 163 Å². The maximum Gasteiger partial charge on any atom is 0.340 e. The van der Waals surface area contributed by atoms with Crippen molar-refractivity contribution >= 4 is 11.8 Å². The topological polar surface area (TPSA) is 97.1 Å². The molecule has 2 N–H and O–H groups in total. The van der Waals surface area contributed by atoms with Crippen LogP contribution in [0, 0.1) is 0 Å². The van der Waals surface area contributed by atoms with E-state index in [9.17, 15) is 9.59 Å². The number of esters is 1. The van der Waals surface area contributed by atoms with Gasteiger partial charge in [0.2, 0.25) is 5.88 Å². The summed E-state index contributed by atoms with van der Waals surface area (Å²) in [5.74, 6) is 0.0717. The summed E-state index contributed by atoms with van der Waals surface area (Å²) < 4.78 is 21.6. The van der Waals surface area contributed by atoms with Crippen molar-refractivity contribution in [1.29, 1.82) is 0 Å². The molecule has 3 rings (SSSR count). The van der Waals surface area contributed by atoms with E-state index in [4.69, 9.17) is 24.7 Å². The first-order valence-corrected chi connectivity index (χ1v) is 8.95. The Morgan fingerprint density at radius 1 is 1.32 bits per heavy atom. The van der Waals surface area contributed by atoms with E-state index in [0.717, 1.165) is 0 Å². The van der Waals surface area contributed by atoms with Crippen molar-refractivity contribution in [2.24, 2.45) is 5.73 Å². The lowest BCUT2D eigenvalue weighted by atomic mass is 9.77. The molecule has 0 fully saturated rings. The third kappa shape index (κ3) is 3.47. The predicted molar refractivity (Wildman–Crippen MR) is 102 cm³/mol. The summed E-state index contributed by atoms with van der Waals surface area (Å²) in [6, 6.07) is 5.24. The second kappa shape index (κ2) is 8.21. The van der Waals surface area contributed by atoms with Gasteiger partial charge in [-0.1, -0.05) is 18.7 Å². The smallest absolute Gasteiger partial charge is 0.340 e. The van der Waals surface area contributed by atoms with Gasteiger partial charge in [-0.25, -0.2) is 4.79 Å². The van der Waals surface area contributed by atoms with E-state index >= 15 is 0 Å². The zero-order valence-electron chi connectivity index (χ0n) is 15.9. The average Bonchev–Trinajstić information content (AvgIpc) is 2.70. The summed E-state index contributed by atoms with van der Waals surface area (Å²) in [7, 11) is 2.78. The maximum atomic E-state index is 12.7. The largest absolute Gasteiger partial charge is 0.493 e. The van der Waals surface area contributed by atoms with Crippen LogP contribution in [-0.4, -0.2) is 32.6 Å². The summed E-state index contributed by atoms with van der Waals surface area (Å²) in [4.78, 5) is 25.2. The standard InChI is InChI=1S/C21H23NO6/c1-4-10-27-14-9-8-12(11-16(14)25-2)17-18-13(23)6-5-7-15(18)28-20(22)19(17)21(24)26-3/h4,8-9,11,17H,1,5-7,10,22H2,2-3H3/t17-/m1/s1. The molecule has 28 heavy (non-hydrogen) atoms. The highest BCUT2D eigenvalue weighted by atomic mass is 16.5. The molecule has 7 nitrogen and oxygen atoms in total. The van der Waals surface area contributed by atoms with Crippen LogP contribution in [-0.2, 0) is 19.1 Å². The van der Waals surface area contributed by atoms with Gasteiger partial charge in [0.15, 0.2) is 17.3 Å². The SMILES string of the molecule is C=CCOc1ccc([C@H]2C(C(=O)OC)=C(N)OC3=C2C(=O)CCC3)cc1OC. The van der Waals surface area contributed by atoms with E-state index in [2.05, 4.69) is 6.58 Å². The zero-order chi connectivity index (χ0) is 20.3. The molecule has 1 aromatic rings. The molecule has 7 heteroatoms. The van der Waals surface area contributed by atoms with E-state index in [-0.39, 0.29) is 17.2 Å². The van der Waals surface area contributed by atoms with Gasteiger partial charge in [-0.05, 0) is 24.1 Å². The van der Waals surface area contributed by atoms with E-state index in [1.54, 1.807) is 24.3 Å². The second-order valence-electron chi connectivity index (χ2n) is 6.43. The lowest BCUT2D eigenvalue weighted by Gasteiger charge is -2.32. The van der Waals surface area contributed by atoms with Gasteiger partial charge in [0, 0.05) is 18.4 Å². The van der Waals surface area contributed by atoms with Crippen molar-refractivity contribution in [1.82, 2.24) is 0 Å². The van der Waals surface area contributed by atoms with Crippen molar-refractivity contribution in [3.63, 3.8) is 0 Å². The minimum Gasteiger partial charge on any atom is -0.493 e. The number of nitrogens with two attached hydrogens (primary N) is 1. The molecular formula is C21H23NO6. The molecule has 148 valence electrons. The first-order chi connectivity index (χ1) is 13.5. The molecule has 1 aliphatic heterocycles. The first kappa shape index (κ1) is 19.5. The number of ketones is 1. The van der Waals surface area contributed by atoms with E-state index < -0.39 is 11.9 Å². The Balaban J connectivity index is 2.14. The van der Waals surface area contributed by atoms with Gasteiger partial charge in [-0.2, -0.15) is 0 Å². The molecule has 0 radical (unpaired) electrons. The minimum atomic E-state index is -0.689. The zero-order valence-corrected chi connectivity index (χ0v) is 15.9. The normalized spacial score (nSPS) is 18.9. The molecular weight excluding hydrogens is 362 g/mol. The van der Waals surface area contributed by atoms with Gasteiger partial charge < -0.3 is 24.7 Å². The number of carbonyl (C=O) groups excluding carboxylic acids is 2. The van der Waals surface area contributed by atoms with Crippen molar-refractivity contribution in [3.05, 3.63) is 59.2 Å². The molecule has 0 amide bonds. The molecule has 0 spiro atoms. The van der Waals surface area contributed by atoms with Crippen molar-refractivity contribution in [3.8, 4) is 11.5 Å². The number of rotatable bonds is 6. The summed E-state index contributed by atoms with van der Waals surface area (Å²) in [5.41, 5.74) is 7.27. The van der Waals surface area contributed by atoms with Crippen LogP contribution in [0.25, 0.3) is 0 Å². The highest BCUT2D eigenvalue weighted by molar-refractivity contribution is 6.03. The summed E-state index contributed by atoms with van der Waals surface area (Å²) in [6.07, 6.45) is 3.29. The van der Waals surface area contributed by atoms with Gasteiger partial charge in [-0.15, -0.1) is 0 Å². The highest BCUT2D eigenvalue weighted by Gasteiger charge is 2.41. The van der Waals surface area contributed by atoms with Crippen LogP contribution >= 0.6 is 0 Å². The van der Waals surface area contributed by atoms with Gasteiger partial charge in [0.05, 0.1) is 20.1 Å². The lowest BCUT2D eigenvalue weighted by molar-refractivity contribution is -0.136. The first-order valence-electron chi connectivity index (χ1n) is 8.95. The highest BCUT2D eigenvalue weighted by Crippen LogP contribution is 2.45. The molecule has 0 unspecified atom stereocenters. The third-order valence-electron chi connectivity index (χ3n) is 4.77. The number of carbonyl (C=O) groups is 2. The molecule has 0 aromatic heterocycles. The molecule has 2 aliphatic rings. The maximum absolute atomic E-state index is 12.7. The predicted octanol–water partition coefficient (Wildman–Crippen LogP) is 2.72. The van der Waals surface area contributed by atoms with Crippen LogP contribution < -0.4 is 15.2 Å². The van der Waals surface area contributed by atoms with Crippen LogP contribution in [0.15, 0.2) is 53.6 Å². The van der Waals surface area contributed by atoms with Crippen LogP contribution in [0.1, 0.15) is 30.7 Å². The van der Waals surface area contributed by atoms with E-state index in [0.29, 0.717) is 54.3 Å². The average molecular weight is 385 g/mol. The van der Waals surface area contributed by atoms with Crippen molar-refractivity contribution < 1.29 is 28.5 Å². The monoisotopic (exact) mass is 385 g/mol. The summed E-state index contributed by atoms with van der Waals surface area (Å²) in [5, 5.41) is 0. The van der Waals surface area contributed by atoms with Crippen LogP contribution in [0.3, 0.4) is 0 Å². The van der Waals surface area contributed by atoms with E-state index in [1.165, 1.54) is 14.2 Å². The Kier molecular flexibility index (Phi) is 5.73. The fourth-order valence-corrected chi connectivity index (χ4v) is 3.53. The number of allylic oxidation sites excluding steroid dienone is 2. The molecule has 1 atom stereocenters. The molecule has 0 saturated carbocycles. The fraction of sp³-hybridized carbons (Fsp3) is 0.333. The summed E-state index contributed by atoms with van der Waals surface area (Å²) in [6.45, 7) is 3.95. The number of hydrogen-bond donors (Lipinski definition) is 1. The quantitative estimate of drug-likeness (QED) is 0.594. The van der Waals surface area contributed by atoms with Crippen LogP contribution in [0.2, 0.25) is 0 Å². The fourth-order valence-electron chi connectivity index (χ4n) is 3.53. The van der Waals surface area contributed by atoms with Crippen LogP contribution in [0.4, 0.5) is 0 Å². The lowest BCUT2D eigenvalue weighted by Crippen LogP contribution is -2.31. The Morgan fingerprint density at radius 3 is 2.79 bits per heavy atom. The number of hydrogen-bond acceptors (Lipinski definition) is 7. The Bertz CT molecular complexity index is 883. The van der Waals surface area contributed by atoms with E-state index in [1.807, 2.05) is 0 Å². The molecule has 0 saturated heterocycles. The number of benzene rings is 1. The molecule has 1 aliphatic carbocycles. The third-order valence-corrected chi connectivity index (χ3v) is 4.77. The van der Waals surface area contributed by atoms with Crippen LogP contribution in [0.5, 0.6) is 11.5 Å². The number of ether oxygens (including phenoxy) is 4. The molecule has 1 aromatic carbocycles. The van der Waals surface area contributed by atoms with Crippen molar-refractivity contribution in [2.75, 3.05) is 20.8 Å². The van der Waals surface area contributed by atoms with Gasteiger partial charge in [0.1, 0.15) is 17.9 Å². The minimum absolute atomic E-state index is 0.0451. The van der Waals surface area contributed by atoms with Gasteiger partial charge in [0.25, 0.3) is 0 Å². The summed E-state index contributed by atoms with van der Waals surface area (Å²) >= 11 is 0. The number of Topliss-reactive ketones (excluding diaryl/α,β-unsaturated/α-hetero) is 1. The Hall–Kier alpha value is -3.22. The van der Waals surface area contributed by atoms with Gasteiger partial charge in [-0.3, -0.25) is 4.79 Å². The molecule has 1 heterocycles. The Morgan fingerprint density at radius 2 is 2.11 bits per heavy atom. The van der Waals surface area contributed by atoms with Gasteiger partial charge >= 0.3 is 5.97 Å².